The summed E-state index contributed by atoms with van der Waals surface area (Å²) in [5, 5.41) is 12.8. The number of hydrogen-bond donors (Lipinski definition) is 0. The SMILES string of the molecule is Cc1nn(-c2ccc(Cl)nn2)c2c1C(=O)CC(C(C)C)C2. The topological polar surface area (TPSA) is 60.7 Å². The number of carbonyl (C=O) groups is 1. The summed E-state index contributed by atoms with van der Waals surface area (Å²) in [6, 6.07) is 3.45. The number of nitrogens with zero attached hydrogens (tertiary/aromatic N) is 4. The van der Waals surface area contributed by atoms with Gasteiger partial charge in [-0.15, -0.1) is 10.2 Å². The third-order valence-corrected chi connectivity index (χ3v) is 4.32. The van der Waals surface area contributed by atoms with Crippen LogP contribution in [-0.2, 0) is 6.42 Å². The molecule has 0 radical (unpaired) electrons. The maximum absolute atomic E-state index is 12.4. The Kier molecular flexibility index (Phi) is 3.53. The number of hydrogen-bond acceptors (Lipinski definition) is 4. The molecule has 5 nitrogen and oxygen atoms in total. The fraction of sp³-hybridized carbons (Fsp3) is 0.467. The van der Waals surface area contributed by atoms with E-state index in [0.717, 1.165) is 23.4 Å². The van der Waals surface area contributed by atoms with Crippen molar-refractivity contribution in [1.82, 2.24) is 20.0 Å². The van der Waals surface area contributed by atoms with Gasteiger partial charge >= 0.3 is 0 Å². The average Bonchev–Trinajstić information content (AvgIpc) is 2.77. The summed E-state index contributed by atoms with van der Waals surface area (Å²) in [6.07, 6.45) is 1.44. The van der Waals surface area contributed by atoms with E-state index in [9.17, 15) is 4.79 Å². The minimum Gasteiger partial charge on any atom is -0.294 e. The maximum atomic E-state index is 12.4. The van der Waals surface area contributed by atoms with Gasteiger partial charge in [-0.25, -0.2) is 4.68 Å². The Morgan fingerprint density at radius 2 is 2.05 bits per heavy atom. The van der Waals surface area contributed by atoms with Crippen LogP contribution in [0.5, 0.6) is 0 Å². The largest absolute Gasteiger partial charge is 0.294 e. The fourth-order valence-corrected chi connectivity index (χ4v) is 2.97. The molecule has 0 N–H and O–H groups in total. The van der Waals surface area contributed by atoms with E-state index >= 15 is 0 Å². The van der Waals surface area contributed by atoms with Crippen molar-refractivity contribution in [2.45, 2.75) is 33.6 Å². The van der Waals surface area contributed by atoms with Gasteiger partial charge in [0.1, 0.15) is 0 Å². The van der Waals surface area contributed by atoms with Gasteiger partial charge in [0, 0.05) is 6.42 Å². The lowest BCUT2D eigenvalue weighted by molar-refractivity contribution is 0.0931. The van der Waals surface area contributed by atoms with Gasteiger partial charge < -0.3 is 0 Å². The monoisotopic (exact) mass is 304 g/mol. The molecule has 0 fully saturated rings. The van der Waals surface area contributed by atoms with Gasteiger partial charge in [0.25, 0.3) is 0 Å². The van der Waals surface area contributed by atoms with Crippen LogP contribution in [0, 0.1) is 18.8 Å². The second kappa shape index (κ2) is 5.22. The van der Waals surface area contributed by atoms with Crippen LogP contribution in [0.25, 0.3) is 5.82 Å². The number of fused-ring (bicyclic) bond motifs is 1. The minimum atomic E-state index is 0.181. The van der Waals surface area contributed by atoms with E-state index in [4.69, 9.17) is 11.6 Å². The van der Waals surface area contributed by atoms with Crippen LogP contribution in [0.3, 0.4) is 0 Å². The molecule has 1 atom stereocenters. The van der Waals surface area contributed by atoms with Crippen molar-refractivity contribution in [1.29, 1.82) is 0 Å². The van der Waals surface area contributed by atoms with Crippen LogP contribution in [0.15, 0.2) is 12.1 Å². The lowest BCUT2D eigenvalue weighted by Crippen LogP contribution is -2.25. The van der Waals surface area contributed by atoms with Gasteiger partial charge in [-0.2, -0.15) is 5.10 Å². The minimum absolute atomic E-state index is 0.181. The summed E-state index contributed by atoms with van der Waals surface area (Å²) in [5.74, 6) is 1.59. The fourth-order valence-electron chi connectivity index (χ4n) is 2.87. The highest BCUT2D eigenvalue weighted by atomic mass is 35.5. The Labute approximate surface area is 128 Å². The van der Waals surface area contributed by atoms with Crippen molar-refractivity contribution in [2.75, 3.05) is 0 Å². The zero-order valence-corrected chi connectivity index (χ0v) is 13.1. The van der Waals surface area contributed by atoms with E-state index < -0.39 is 0 Å². The van der Waals surface area contributed by atoms with Crippen molar-refractivity contribution in [3.63, 3.8) is 0 Å². The molecule has 0 spiro atoms. The Bertz CT molecular complexity index is 690. The quantitative estimate of drug-likeness (QED) is 0.855. The van der Waals surface area contributed by atoms with Crippen molar-refractivity contribution < 1.29 is 4.79 Å². The first-order valence-corrected chi connectivity index (χ1v) is 7.46. The van der Waals surface area contributed by atoms with Crippen molar-refractivity contribution in [3.8, 4) is 5.82 Å². The number of aromatic nitrogens is 4. The Balaban J connectivity index is 2.10. The van der Waals surface area contributed by atoms with E-state index in [-0.39, 0.29) is 5.78 Å². The molecule has 1 aliphatic rings. The highest BCUT2D eigenvalue weighted by molar-refractivity contribution is 6.29. The highest BCUT2D eigenvalue weighted by Gasteiger charge is 2.32. The first-order valence-electron chi connectivity index (χ1n) is 7.08. The Morgan fingerprint density at radius 3 is 2.67 bits per heavy atom. The smallest absolute Gasteiger partial charge is 0.176 e. The molecular weight excluding hydrogens is 288 g/mol. The van der Waals surface area contributed by atoms with Crippen LogP contribution in [0.4, 0.5) is 0 Å². The van der Waals surface area contributed by atoms with Gasteiger partial charge in [0.2, 0.25) is 0 Å². The zero-order chi connectivity index (χ0) is 15.1. The molecule has 2 aromatic rings. The van der Waals surface area contributed by atoms with Crippen LogP contribution in [-0.4, -0.2) is 25.8 Å². The lowest BCUT2D eigenvalue weighted by atomic mass is 9.79. The third kappa shape index (κ3) is 2.46. The zero-order valence-electron chi connectivity index (χ0n) is 12.3. The van der Waals surface area contributed by atoms with Crippen LogP contribution in [0.1, 0.15) is 42.0 Å². The predicted octanol–water partition coefficient (Wildman–Crippen LogP) is 3.03. The number of halogens is 1. The van der Waals surface area contributed by atoms with Crippen LogP contribution >= 0.6 is 11.6 Å². The molecule has 0 aliphatic heterocycles. The molecule has 2 aromatic heterocycles. The van der Waals surface area contributed by atoms with Gasteiger partial charge in [-0.1, -0.05) is 25.4 Å². The lowest BCUT2D eigenvalue weighted by Gasteiger charge is -2.25. The first-order chi connectivity index (χ1) is 9.97. The van der Waals surface area contributed by atoms with E-state index in [1.807, 2.05) is 6.92 Å². The van der Waals surface area contributed by atoms with Gasteiger partial charge in [0.05, 0.1) is 17.0 Å². The maximum Gasteiger partial charge on any atom is 0.176 e. The van der Waals surface area contributed by atoms with E-state index in [2.05, 4.69) is 29.1 Å². The number of ketones is 1. The summed E-state index contributed by atoms with van der Waals surface area (Å²) < 4.78 is 1.74. The molecule has 1 unspecified atom stereocenters. The number of aryl methyl sites for hydroxylation is 1. The summed E-state index contributed by atoms with van der Waals surface area (Å²) >= 11 is 5.78. The normalized spacial score (nSPS) is 18.1. The standard InChI is InChI=1S/C15H17ClN4O/c1-8(2)10-6-11-15(12(21)7-10)9(3)19-20(11)14-5-4-13(16)17-18-14/h4-5,8,10H,6-7H2,1-3H3. The van der Waals surface area contributed by atoms with Crippen molar-refractivity contribution in [3.05, 3.63) is 34.2 Å². The molecular formula is C15H17ClN4O. The highest BCUT2D eigenvalue weighted by Crippen LogP contribution is 2.32. The molecule has 0 saturated carbocycles. The third-order valence-electron chi connectivity index (χ3n) is 4.12. The van der Waals surface area contributed by atoms with E-state index in [0.29, 0.717) is 29.2 Å². The van der Waals surface area contributed by atoms with Gasteiger partial charge in [-0.05, 0) is 37.3 Å². The summed E-state index contributed by atoms with van der Waals surface area (Å²) in [6.45, 7) is 6.17. The summed E-state index contributed by atoms with van der Waals surface area (Å²) in [5.41, 5.74) is 2.46. The molecule has 0 amide bonds. The number of carbonyl (C=O) groups excluding carboxylic acids is 1. The number of Topliss-reactive ketones (excluding diaryl/α,β-unsaturated/α-hetero) is 1. The van der Waals surface area contributed by atoms with Crippen LogP contribution in [0.2, 0.25) is 5.15 Å². The molecule has 0 aromatic carbocycles. The van der Waals surface area contributed by atoms with Crippen molar-refractivity contribution in [2.24, 2.45) is 11.8 Å². The Hall–Kier alpha value is -1.75. The molecule has 1 aliphatic carbocycles. The van der Waals surface area contributed by atoms with E-state index in [1.54, 1.807) is 16.8 Å². The molecule has 0 saturated heterocycles. The van der Waals surface area contributed by atoms with Crippen LogP contribution < -0.4 is 0 Å². The molecule has 0 bridgehead atoms. The van der Waals surface area contributed by atoms with E-state index in [1.165, 1.54) is 0 Å². The second-order valence-corrected chi connectivity index (χ2v) is 6.26. The Morgan fingerprint density at radius 1 is 1.29 bits per heavy atom. The molecule has 21 heavy (non-hydrogen) atoms. The van der Waals surface area contributed by atoms with Crippen molar-refractivity contribution >= 4 is 17.4 Å². The second-order valence-electron chi connectivity index (χ2n) is 5.87. The molecule has 6 heteroatoms. The molecule has 2 heterocycles. The predicted molar refractivity (Wildman–Crippen MR) is 79.9 cm³/mol. The number of rotatable bonds is 2. The van der Waals surface area contributed by atoms with Gasteiger partial charge in [0.15, 0.2) is 16.8 Å². The molecule has 110 valence electrons. The average molecular weight is 305 g/mol. The molecule has 3 rings (SSSR count). The summed E-state index contributed by atoms with van der Waals surface area (Å²) in [7, 11) is 0. The van der Waals surface area contributed by atoms with Gasteiger partial charge in [-0.3, -0.25) is 4.79 Å². The first kappa shape index (κ1) is 14.2. The summed E-state index contributed by atoms with van der Waals surface area (Å²) in [4.78, 5) is 12.4.